The average Bonchev–Trinajstić information content (AvgIpc) is 3.49. The van der Waals surface area contributed by atoms with Crippen LogP contribution in [0.4, 0.5) is 0 Å². The largest absolute Gasteiger partial charge is 0.378 e. The molecule has 2 saturated heterocycles. The maximum absolute atomic E-state index is 12.7. The van der Waals surface area contributed by atoms with Crippen molar-refractivity contribution in [1.82, 2.24) is 9.80 Å². The molecule has 3 aliphatic rings. The van der Waals surface area contributed by atoms with Gasteiger partial charge < -0.3 is 14.9 Å². The zero-order valence-electron chi connectivity index (χ0n) is 14.9. The Morgan fingerprint density at radius 1 is 1.15 bits per heavy atom. The van der Waals surface area contributed by atoms with E-state index in [1.165, 1.54) is 0 Å². The van der Waals surface area contributed by atoms with Crippen LogP contribution in [0.2, 0.25) is 5.02 Å². The van der Waals surface area contributed by atoms with Gasteiger partial charge in [-0.15, -0.1) is 0 Å². The van der Waals surface area contributed by atoms with Gasteiger partial charge in [-0.25, -0.2) is 0 Å². The number of aliphatic hydroxyl groups excluding tert-OH is 1. The van der Waals surface area contributed by atoms with Gasteiger partial charge in [0.1, 0.15) is 0 Å². The van der Waals surface area contributed by atoms with Crippen molar-refractivity contribution in [1.29, 1.82) is 0 Å². The van der Waals surface area contributed by atoms with E-state index in [1.807, 2.05) is 0 Å². The molecular weight excluding hydrogens is 352 g/mol. The molecule has 0 radical (unpaired) electrons. The van der Waals surface area contributed by atoms with Crippen LogP contribution in [-0.4, -0.2) is 52.4 Å². The van der Waals surface area contributed by atoms with Crippen molar-refractivity contribution in [2.75, 3.05) is 19.6 Å². The van der Waals surface area contributed by atoms with E-state index >= 15 is 0 Å². The van der Waals surface area contributed by atoms with Gasteiger partial charge in [0, 0.05) is 37.1 Å². The molecule has 1 N–H and O–H groups in total. The van der Waals surface area contributed by atoms with Gasteiger partial charge in [-0.2, -0.15) is 0 Å². The highest BCUT2D eigenvalue weighted by Crippen LogP contribution is 2.43. The summed E-state index contributed by atoms with van der Waals surface area (Å²) in [6.07, 6.45) is 4.51. The van der Waals surface area contributed by atoms with Gasteiger partial charge >= 0.3 is 0 Å². The first-order valence-electron chi connectivity index (χ1n) is 9.49. The molecule has 0 aromatic heterocycles. The predicted molar refractivity (Wildman–Crippen MR) is 98.6 cm³/mol. The first-order chi connectivity index (χ1) is 12.5. The monoisotopic (exact) mass is 376 g/mol. The molecule has 1 aromatic carbocycles. The highest BCUT2D eigenvalue weighted by atomic mass is 35.5. The Hall–Kier alpha value is -1.59. The van der Waals surface area contributed by atoms with E-state index in [0.29, 0.717) is 42.0 Å². The standard InChI is InChI=1S/C20H25ClN2O3/c21-15-3-1-14(2-4-15)18(25)19(26)22-11-9-20(10-12-22)8-7-17(24)23(13-20)16-5-6-16/h1-4,16,18,25H,5-13H2/t18-/m1/s1. The third kappa shape index (κ3) is 3.47. The van der Waals surface area contributed by atoms with E-state index in [9.17, 15) is 14.7 Å². The van der Waals surface area contributed by atoms with Crippen LogP contribution in [-0.2, 0) is 9.59 Å². The minimum Gasteiger partial charge on any atom is -0.378 e. The number of nitrogens with zero attached hydrogens (tertiary/aromatic N) is 2. The molecule has 140 valence electrons. The summed E-state index contributed by atoms with van der Waals surface area (Å²) in [5, 5.41) is 11.0. The fourth-order valence-corrected chi connectivity index (χ4v) is 4.46. The van der Waals surface area contributed by atoms with E-state index in [2.05, 4.69) is 4.90 Å². The van der Waals surface area contributed by atoms with Gasteiger partial charge in [-0.1, -0.05) is 23.7 Å². The van der Waals surface area contributed by atoms with Gasteiger partial charge in [0.05, 0.1) is 0 Å². The average molecular weight is 377 g/mol. The van der Waals surface area contributed by atoms with Crippen LogP contribution in [0.3, 0.4) is 0 Å². The molecule has 2 heterocycles. The highest BCUT2D eigenvalue weighted by molar-refractivity contribution is 6.30. The van der Waals surface area contributed by atoms with Crippen molar-refractivity contribution in [3.8, 4) is 0 Å². The number of likely N-dealkylation sites (tertiary alicyclic amines) is 2. The number of aliphatic hydroxyl groups is 1. The molecule has 6 heteroatoms. The van der Waals surface area contributed by atoms with Crippen LogP contribution >= 0.6 is 11.6 Å². The van der Waals surface area contributed by atoms with Crippen molar-refractivity contribution in [3.05, 3.63) is 34.9 Å². The van der Waals surface area contributed by atoms with E-state index in [4.69, 9.17) is 11.6 Å². The number of hydrogen-bond donors (Lipinski definition) is 1. The Balaban J connectivity index is 1.37. The summed E-state index contributed by atoms with van der Waals surface area (Å²) >= 11 is 5.87. The van der Waals surface area contributed by atoms with Crippen LogP contribution in [0.5, 0.6) is 0 Å². The minimum atomic E-state index is -1.14. The molecule has 1 aliphatic carbocycles. The van der Waals surface area contributed by atoms with Crippen LogP contribution in [0, 0.1) is 5.41 Å². The minimum absolute atomic E-state index is 0.151. The number of hydrogen-bond acceptors (Lipinski definition) is 3. The number of piperidine rings is 2. The molecule has 26 heavy (non-hydrogen) atoms. The van der Waals surface area contributed by atoms with Gasteiger partial charge in [0.15, 0.2) is 6.10 Å². The van der Waals surface area contributed by atoms with Crippen molar-refractivity contribution in [2.24, 2.45) is 5.41 Å². The number of benzene rings is 1. The molecule has 1 spiro atoms. The van der Waals surface area contributed by atoms with Crippen LogP contribution in [0.15, 0.2) is 24.3 Å². The van der Waals surface area contributed by atoms with Crippen molar-refractivity contribution < 1.29 is 14.7 Å². The Morgan fingerprint density at radius 3 is 2.42 bits per heavy atom. The lowest BCUT2D eigenvalue weighted by Gasteiger charge is -2.47. The van der Waals surface area contributed by atoms with Gasteiger partial charge in [0.25, 0.3) is 5.91 Å². The fourth-order valence-electron chi connectivity index (χ4n) is 4.33. The van der Waals surface area contributed by atoms with Crippen LogP contribution in [0.1, 0.15) is 50.2 Å². The normalized spacial score (nSPS) is 24.0. The summed E-state index contributed by atoms with van der Waals surface area (Å²) in [5.74, 6) is 0.0582. The third-order valence-corrected chi connectivity index (χ3v) is 6.49. The number of amides is 2. The summed E-state index contributed by atoms with van der Waals surface area (Å²) in [5.41, 5.74) is 0.723. The molecule has 0 bridgehead atoms. The van der Waals surface area contributed by atoms with Crippen molar-refractivity contribution >= 4 is 23.4 Å². The second-order valence-electron chi connectivity index (χ2n) is 8.03. The molecule has 1 aromatic rings. The quantitative estimate of drug-likeness (QED) is 0.882. The Morgan fingerprint density at radius 2 is 1.81 bits per heavy atom. The Labute approximate surface area is 158 Å². The van der Waals surface area contributed by atoms with E-state index in [1.54, 1.807) is 29.2 Å². The lowest BCUT2D eigenvalue weighted by molar-refractivity contribution is -0.147. The lowest BCUT2D eigenvalue weighted by atomic mass is 9.72. The summed E-state index contributed by atoms with van der Waals surface area (Å²) in [4.78, 5) is 28.7. The molecule has 1 atom stereocenters. The summed E-state index contributed by atoms with van der Waals surface area (Å²) in [6, 6.07) is 7.22. The number of halogens is 1. The van der Waals surface area contributed by atoms with Crippen LogP contribution in [0.25, 0.3) is 0 Å². The van der Waals surface area contributed by atoms with E-state index in [-0.39, 0.29) is 11.3 Å². The topological polar surface area (TPSA) is 60.9 Å². The van der Waals surface area contributed by atoms with Crippen molar-refractivity contribution in [2.45, 2.75) is 50.7 Å². The Bertz CT molecular complexity index is 694. The first-order valence-corrected chi connectivity index (χ1v) is 9.87. The maximum atomic E-state index is 12.7. The van der Waals surface area contributed by atoms with Gasteiger partial charge in [0.2, 0.25) is 5.91 Å². The molecule has 1 saturated carbocycles. The molecular formula is C20H25ClN2O3. The smallest absolute Gasteiger partial charge is 0.256 e. The zero-order valence-corrected chi connectivity index (χ0v) is 15.6. The molecule has 2 amide bonds. The summed E-state index contributed by atoms with van der Waals surface area (Å²) < 4.78 is 0. The molecule has 5 nitrogen and oxygen atoms in total. The zero-order chi connectivity index (χ0) is 18.3. The van der Waals surface area contributed by atoms with Gasteiger partial charge in [-0.05, 0) is 55.2 Å². The predicted octanol–water partition coefficient (Wildman–Crippen LogP) is 2.77. The van der Waals surface area contributed by atoms with E-state index in [0.717, 1.165) is 38.6 Å². The number of carbonyl (C=O) groups excluding carboxylic acids is 2. The van der Waals surface area contributed by atoms with E-state index < -0.39 is 6.10 Å². The fraction of sp³-hybridized carbons (Fsp3) is 0.600. The second-order valence-corrected chi connectivity index (χ2v) is 8.47. The Kier molecular flexibility index (Phi) is 4.70. The first kappa shape index (κ1) is 17.8. The molecule has 2 aliphatic heterocycles. The number of carbonyl (C=O) groups is 2. The third-order valence-electron chi connectivity index (χ3n) is 6.24. The molecule has 3 fully saturated rings. The second kappa shape index (κ2) is 6.86. The maximum Gasteiger partial charge on any atom is 0.256 e. The highest BCUT2D eigenvalue weighted by Gasteiger charge is 2.45. The summed E-state index contributed by atoms with van der Waals surface area (Å²) in [6.45, 7) is 2.14. The van der Waals surface area contributed by atoms with Gasteiger partial charge in [-0.3, -0.25) is 9.59 Å². The molecule has 0 unspecified atom stereocenters. The summed E-state index contributed by atoms with van der Waals surface area (Å²) in [7, 11) is 0. The molecule has 4 rings (SSSR count). The lowest BCUT2D eigenvalue weighted by Crippen LogP contribution is -2.53. The van der Waals surface area contributed by atoms with Crippen molar-refractivity contribution in [3.63, 3.8) is 0 Å². The number of rotatable bonds is 3. The SMILES string of the molecule is O=C([C@H](O)c1ccc(Cl)cc1)N1CCC2(CCC(=O)N(C3CC3)C2)CC1. The van der Waals surface area contributed by atoms with Crippen LogP contribution < -0.4 is 0 Å².